The molecule has 0 saturated heterocycles. The maximum absolute atomic E-state index is 8.09. The summed E-state index contributed by atoms with van der Waals surface area (Å²) in [5.41, 5.74) is -1.46. The second-order valence-electron chi connectivity index (χ2n) is 1.46. The lowest BCUT2D eigenvalue weighted by atomic mass is 9.98. The molecule has 0 unspecified atom stereocenters. The monoisotopic (exact) mass is 105 g/mol. The summed E-state index contributed by atoms with van der Waals surface area (Å²) in [6, 6.07) is 4.67. The first-order valence-corrected chi connectivity index (χ1v) is 1.92. The second kappa shape index (κ2) is 1.96. The molecule has 0 aromatic carbocycles. The van der Waals surface area contributed by atoms with Crippen LogP contribution in [0.4, 0.5) is 0 Å². The van der Waals surface area contributed by atoms with Crippen LogP contribution in [0, 0.1) is 39.4 Å². The summed E-state index contributed by atoms with van der Waals surface area (Å²) in [4.78, 5) is 0. The normalized spacial score (nSPS) is 8.25. The molecule has 0 spiro atoms. The summed E-state index contributed by atoms with van der Waals surface area (Å²) in [5.74, 6) is 0. The Bertz CT molecular complexity index is 161. The molecular formula is C5H3N3. The van der Waals surface area contributed by atoms with Gasteiger partial charge in [-0.2, -0.15) is 15.8 Å². The lowest BCUT2D eigenvalue weighted by Gasteiger charge is -1.93. The van der Waals surface area contributed by atoms with E-state index < -0.39 is 5.41 Å². The molecule has 38 valence electrons. The van der Waals surface area contributed by atoms with Crippen molar-refractivity contribution >= 4 is 0 Å². The van der Waals surface area contributed by atoms with Crippen LogP contribution in [0.1, 0.15) is 6.92 Å². The summed E-state index contributed by atoms with van der Waals surface area (Å²) in [5, 5.41) is 24.3. The van der Waals surface area contributed by atoms with Crippen LogP contribution in [0.25, 0.3) is 0 Å². The molecule has 0 saturated carbocycles. The first kappa shape index (κ1) is 6.47. The van der Waals surface area contributed by atoms with E-state index in [1.54, 1.807) is 18.2 Å². The number of nitrogens with zero attached hydrogens (tertiary/aromatic N) is 3. The van der Waals surface area contributed by atoms with Crippen LogP contribution in [0.5, 0.6) is 0 Å². The highest BCUT2D eigenvalue weighted by molar-refractivity contribution is 5.22. The lowest BCUT2D eigenvalue weighted by molar-refractivity contribution is 0.772. The zero-order valence-corrected chi connectivity index (χ0v) is 4.34. The highest BCUT2D eigenvalue weighted by Gasteiger charge is 2.21. The van der Waals surface area contributed by atoms with Crippen LogP contribution in [-0.2, 0) is 0 Å². The standard InChI is InChI=1S/C5H3N3/c1-5(2-6,3-7)4-8/h1H3. The van der Waals surface area contributed by atoms with Crippen LogP contribution >= 0.6 is 0 Å². The third kappa shape index (κ3) is 0.965. The molecule has 0 bridgehead atoms. The van der Waals surface area contributed by atoms with Crippen molar-refractivity contribution in [1.29, 1.82) is 15.8 Å². The molecule has 0 radical (unpaired) electrons. The van der Waals surface area contributed by atoms with Crippen molar-refractivity contribution in [2.45, 2.75) is 6.92 Å². The first-order chi connectivity index (χ1) is 3.68. The molecule has 0 aliphatic heterocycles. The SMILES string of the molecule is CC(C#N)(C#N)C#N. The molecule has 8 heavy (non-hydrogen) atoms. The van der Waals surface area contributed by atoms with Gasteiger partial charge in [0.2, 0.25) is 5.41 Å². The predicted molar refractivity (Wildman–Crippen MR) is 24.9 cm³/mol. The van der Waals surface area contributed by atoms with Gasteiger partial charge < -0.3 is 0 Å². The third-order valence-electron chi connectivity index (χ3n) is 0.671. The fourth-order valence-corrected chi connectivity index (χ4v) is 0.0750. The zero-order valence-electron chi connectivity index (χ0n) is 4.34. The van der Waals surface area contributed by atoms with Gasteiger partial charge in [0.05, 0.1) is 18.2 Å². The maximum atomic E-state index is 8.09. The quantitative estimate of drug-likeness (QED) is 0.452. The first-order valence-electron chi connectivity index (χ1n) is 1.92. The summed E-state index contributed by atoms with van der Waals surface area (Å²) in [6.45, 7) is 1.27. The highest BCUT2D eigenvalue weighted by Crippen LogP contribution is 2.08. The minimum absolute atomic E-state index is 1.27. The van der Waals surface area contributed by atoms with E-state index in [0.29, 0.717) is 0 Å². The van der Waals surface area contributed by atoms with Gasteiger partial charge in [-0.3, -0.25) is 0 Å². The van der Waals surface area contributed by atoms with Crippen LogP contribution in [0.3, 0.4) is 0 Å². The van der Waals surface area contributed by atoms with Crippen molar-refractivity contribution < 1.29 is 0 Å². The number of hydrogen-bond acceptors (Lipinski definition) is 3. The van der Waals surface area contributed by atoms with Gasteiger partial charge in [0.25, 0.3) is 0 Å². The van der Waals surface area contributed by atoms with Crippen LogP contribution < -0.4 is 0 Å². The smallest absolute Gasteiger partial charge is 0.195 e. The van der Waals surface area contributed by atoms with E-state index in [9.17, 15) is 0 Å². The van der Waals surface area contributed by atoms with Gasteiger partial charge in [0, 0.05) is 0 Å². The van der Waals surface area contributed by atoms with Crippen molar-refractivity contribution in [1.82, 2.24) is 0 Å². The fraction of sp³-hybridized carbons (Fsp3) is 0.400. The fourth-order valence-electron chi connectivity index (χ4n) is 0.0750. The van der Waals surface area contributed by atoms with Crippen molar-refractivity contribution in [2.24, 2.45) is 5.41 Å². The molecule has 0 N–H and O–H groups in total. The van der Waals surface area contributed by atoms with Gasteiger partial charge in [-0.1, -0.05) is 0 Å². The zero-order chi connectivity index (χ0) is 6.62. The van der Waals surface area contributed by atoms with E-state index in [-0.39, 0.29) is 0 Å². The van der Waals surface area contributed by atoms with Crippen LogP contribution in [0.15, 0.2) is 0 Å². The topological polar surface area (TPSA) is 71.4 Å². The number of rotatable bonds is 0. The average molecular weight is 105 g/mol. The molecule has 0 heterocycles. The minimum Gasteiger partial charge on any atom is -0.195 e. The van der Waals surface area contributed by atoms with Gasteiger partial charge >= 0.3 is 0 Å². The van der Waals surface area contributed by atoms with Crippen LogP contribution in [-0.4, -0.2) is 0 Å². The largest absolute Gasteiger partial charge is 0.225 e. The van der Waals surface area contributed by atoms with Gasteiger partial charge in [-0.25, -0.2) is 0 Å². The Morgan fingerprint density at radius 2 is 1.25 bits per heavy atom. The Morgan fingerprint density at radius 3 is 1.25 bits per heavy atom. The summed E-state index contributed by atoms with van der Waals surface area (Å²) < 4.78 is 0. The average Bonchev–Trinajstić information content (AvgIpc) is 1.87. The van der Waals surface area contributed by atoms with E-state index >= 15 is 0 Å². The molecule has 0 amide bonds. The maximum Gasteiger partial charge on any atom is 0.225 e. The van der Waals surface area contributed by atoms with Gasteiger partial charge in [0.1, 0.15) is 0 Å². The molecule has 0 rings (SSSR count). The van der Waals surface area contributed by atoms with Crippen molar-refractivity contribution in [3.63, 3.8) is 0 Å². The van der Waals surface area contributed by atoms with Gasteiger partial charge in [0.15, 0.2) is 0 Å². The third-order valence-corrected chi connectivity index (χ3v) is 0.671. The van der Waals surface area contributed by atoms with E-state index in [1.807, 2.05) is 0 Å². The molecule has 0 aromatic rings. The lowest BCUT2D eigenvalue weighted by Crippen LogP contribution is -2.05. The molecule has 3 nitrogen and oxygen atoms in total. The second-order valence-corrected chi connectivity index (χ2v) is 1.46. The summed E-state index contributed by atoms with van der Waals surface area (Å²) >= 11 is 0. The van der Waals surface area contributed by atoms with E-state index in [0.717, 1.165) is 0 Å². The van der Waals surface area contributed by atoms with Crippen molar-refractivity contribution in [3.05, 3.63) is 0 Å². The molecule has 0 fully saturated rings. The number of hydrogen-bond donors (Lipinski definition) is 0. The summed E-state index contributed by atoms with van der Waals surface area (Å²) in [7, 11) is 0. The van der Waals surface area contributed by atoms with E-state index in [1.165, 1.54) is 6.92 Å². The Balaban J connectivity index is 4.42. The van der Waals surface area contributed by atoms with Crippen molar-refractivity contribution in [3.8, 4) is 18.2 Å². The Hall–Kier alpha value is -1.53. The summed E-state index contributed by atoms with van der Waals surface area (Å²) in [6.07, 6.45) is 0. The molecular weight excluding hydrogens is 102 g/mol. The van der Waals surface area contributed by atoms with Crippen LogP contribution in [0.2, 0.25) is 0 Å². The molecule has 0 aliphatic rings. The predicted octanol–water partition coefficient (Wildman–Crippen LogP) is 0.563. The molecule has 0 aromatic heterocycles. The molecule has 0 aliphatic carbocycles. The highest BCUT2D eigenvalue weighted by atomic mass is 14.4. The minimum atomic E-state index is -1.46. The van der Waals surface area contributed by atoms with Gasteiger partial charge in [-0.15, -0.1) is 0 Å². The van der Waals surface area contributed by atoms with Gasteiger partial charge in [-0.05, 0) is 6.92 Å². The van der Waals surface area contributed by atoms with Crippen molar-refractivity contribution in [2.75, 3.05) is 0 Å². The Kier molecular flexibility index (Phi) is 1.58. The Morgan fingerprint density at radius 1 is 1.00 bits per heavy atom. The van der Waals surface area contributed by atoms with E-state index in [2.05, 4.69) is 0 Å². The number of nitriles is 3. The van der Waals surface area contributed by atoms with E-state index in [4.69, 9.17) is 15.8 Å². The molecule has 3 heteroatoms. The Labute approximate surface area is 47.4 Å². The molecule has 0 atom stereocenters.